The van der Waals surface area contributed by atoms with Crippen molar-refractivity contribution in [1.82, 2.24) is 9.13 Å². The van der Waals surface area contributed by atoms with Gasteiger partial charge in [-0.1, -0.05) is 146 Å². The number of nitro groups is 1. The Balaban J connectivity index is 1.03. The van der Waals surface area contributed by atoms with Crippen molar-refractivity contribution in [1.29, 1.82) is 0 Å². The molecule has 0 fully saturated rings. The average molecular weight is 890 g/mol. The van der Waals surface area contributed by atoms with Gasteiger partial charge in [-0.15, -0.1) is 0 Å². The van der Waals surface area contributed by atoms with E-state index < -0.39 is 5.41 Å². The number of nitrogens with zero attached hydrogens (tertiary/aromatic N) is 4. The largest absolute Gasteiger partial charge is 0.758 e. The monoisotopic (exact) mass is 889 g/mol. The van der Waals surface area contributed by atoms with E-state index >= 15 is 0 Å². The first kappa shape index (κ1) is 40.3. The molecule has 0 saturated carbocycles. The van der Waals surface area contributed by atoms with Crippen molar-refractivity contribution in [3.63, 3.8) is 0 Å². The molecule has 328 valence electrons. The Morgan fingerprint density at radius 1 is 0.420 bits per heavy atom. The van der Waals surface area contributed by atoms with E-state index in [0.29, 0.717) is 5.69 Å². The number of aromatic nitrogens is 2. The van der Waals surface area contributed by atoms with Crippen LogP contribution in [-0.2, 0) is 5.41 Å². The molecule has 69 heavy (non-hydrogen) atoms. The third-order valence-corrected chi connectivity index (χ3v) is 14.3. The number of benzene rings is 10. The topological polar surface area (TPSA) is 79.3 Å². The molecule has 0 saturated heterocycles. The molecule has 1 aliphatic rings. The maximum atomic E-state index is 12.7. The Kier molecular flexibility index (Phi) is 9.06. The Hall–Kier alpha value is -9.04. The first-order valence-corrected chi connectivity index (χ1v) is 23.1. The summed E-state index contributed by atoms with van der Waals surface area (Å²) >= 11 is 0. The number of rotatable bonds is 8. The van der Waals surface area contributed by atoms with Crippen LogP contribution in [0.15, 0.2) is 231 Å². The van der Waals surface area contributed by atoms with Crippen molar-refractivity contribution in [2.45, 2.75) is 5.41 Å². The van der Waals surface area contributed by atoms with Gasteiger partial charge in [0.15, 0.2) is 0 Å². The average Bonchev–Trinajstić information content (AvgIpc) is 4.03. The summed E-state index contributed by atoms with van der Waals surface area (Å²) in [5.41, 5.74) is 16.5. The van der Waals surface area contributed by atoms with Crippen LogP contribution in [0.2, 0.25) is 0 Å². The molecule has 7 heteroatoms. The first-order chi connectivity index (χ1) is 33.9. The molecule has 0 spiro atoms. The minimum Gasteiger partial charge on any atom is -0.758 e. The summed E-state index contributed by atoms with van der Waals surface area (Å²) in [6, 6.07) is 79.9. The fraction of sp³-hybridized carbons (Fsp3) is 0.0323. The number of nitro benzene ring substituents is 1. The number of hydrogen-bond acceptors (Lipinski definition) is 4. The summed E-state index contributed by atoms with van der Waals surface area (Å²) in [7, 11) is 1.50. The van der Waals surface area contributed by atoms with Crippen LogP contribution in [0.3, 0.4) is 0 Å². The van der Waals surface area contributed by atoms with Crippen molar-refractivity contribution in [2.24, 2.45) is 0 Å². The van der Waals surface area contributed by atoms with Gasteiger partial charge in [0, 0.05) is 50.7 Å². The highest BCUT2D eigenvalue weighted by Crippen LogP contribution is 2.58. The second-order valence-corrected chi connectivity index (χ2v) is 18.0. The first-order valence-electron chi connectivity index (χ1n) is 23.1. The minimum atomic E-state index is -0.944. The second kappa shape index (κ2) is 15.5. The number of fused-ring (bicyclic) bond motifs is 9. The molecule has 0 bridgehead atoms. The fourth-order valence-corrected chi connectivity index (χ4v) is 11.3. The molecule has 0 atom stereocenters. The van der Waals surface area contributed by atoms with Gasteiger partial charge in [-0.25, -0.2) is 0 Å². The van der Waals surface area contributed by atoms with Crippen LogP contribution < -0.4 is 5.06 Å². The van der Waals surface area contributed by atoms with Crippen molar-refractivity contribution in [3.05, 3.63) is 268 Å². The zero-order valence-corrected chi connectivity index (χ0v) is 37.5. The summed E-state index contributed by atoms with van der Waals surface area (Å²) in [5, 5.41) is 30.5. The lowest BCUT2D eigenvalue weighted by Gasteiger charge is -2.35. The highest BCUT2D eigenvalue weighted by atomic mass is 16.6. The Morgan fingerprint density at radius 3 is 1.19 bits per heavy atom. The van der Waals surface area contributed by atoms with E-state index in [9.17, 15) is 15.3 Å². The molecule has 0 unspecified atom stereocenters. The molecular formula is C62H41N4O3-. The zero-order chi connectivity index (χ0) is 46.4. The van der Waals surface area contributed by atoms with E-state index in [1.54, 1.807) is 12.1 Å². The molecule has 7 nitrogen and oxygen atoms in total. The van der Waals surface area contributed by atoms with Gasteiger partial charge in [0.1, 0.15) is 0 Å². The third-order valence-electron chi connectivity index (χ3n) is 14.3. The second-order valence-electron chi connectivity index (χ2n) is 18.0. The maximum Gasteiger partial charge on any atom is 0.269 e. The molecule has 10 aromatic carbocycles. The Labute approximate surface area is 397 Å². The van der Waals surface area contributed by atoms with Crippen LogP contribution in [0.25, 0.3) is 88.4 Å². The SMILES string of the molecule is CN([O-])c1ccc(C2(c3ccc([N+](=O)[O-])cc3)c3cc(-c4cccc(-n5c6ccccc6c6ccccc65)c4)ccc3-c3ccc(-c4cccc(-n5c6ccccc6c6ccccc65)c4)cc32)cc1. The normalized spacial score (nSPS) is 12.7. The summed E-state index contributed by atoms with van der Waals surface area (Å²) in [5.74, 6) is 0. The molecule has 12 aromatic rings. The predicted octanol–water partition coefficient (Wildman–Crippen LogP) is 15.4. The fourth-order valence-electron chi connectivity index (χ4n) is 11.3. The van der Waals surface area contributed by atoms with E-state index in [0.717, 1.165) is 94.1 Å². The number of hydroxylamine groups is 1. The lowest BCUT2D eigenvalue weighted by Crippen LogP contribution is -2.29. The molecule has 0 aliphatic heterocycles. The molecule has 0 radical (unpaired) electrons. The molecule has 2 heterocycles. The summed E-state index contributed by atoms with van der Waals surface area (Å²) < 4.78 is 4.68. The highest BCUT2D eigenvalue weighted by molar-refractivity contribution is 6.10. The van der Waals surface area contributed by atoms with Gasteiger partial charge in [0.2, 0.25) is 0 Å². The van der Waals surface area contributed by atoms with E-state index in [4.69, 9.17) is 0 Å². The standard InChI is InChI=1S/C62H41N4O3/c1-63(67)46-30-26-44(27-31-46)62(45-28-32-47(33-29-45)66(68)69)56-38-42(40-12-10-14-48(36-40)64-58-20-6-2-16-52(58)53-17-3-7-21-59(53)64)24-34-50(56)51-35-25-43(39-57(51)62)41-13-11-15-49(37-41)65-60-22-8-4-18-54(60)55-19-5-9-23-61(55)65/h2-39H,1H3/q-1. The maximum absolute atomic E-state index is 12.7. The highest BCUT2D eigenvalue weighted by Gasteiger charge is 2.47. The van der Waals surface area contributed by atoms with Gasteiger partial charge >= 0.3 is 0 Å². The van der Waals surface area contributed by atoms with Crippen LogP contribution in [0.5, 0.6) is 0 Å². The van der Waals surface area contributed by atoms with Crippen LogP contribution in [0.1, 0.15) is 22.3 Å². The van der Waals surface area contributed by atoms with Gasteiger partial charge in [0.25, 0.3) is 5.69 Å². The van der Waals surface area contributed by atoms with E-state index in [2.05, 4.69) is 191 Å². The Morgan fingerprint density at radius 2 is 0.797 bits per heavy atom. The van der Waals surface area contributed by atoms with Crippen LogP contribution in [-0.4, -0.2) is 21.1 Å². The third kappa shape index (κ3) is 6.11. The molecule has 0 amide bonds. The van der Waals surface area contributed by atoms with Crippen molar-refractivity contribution >= 4 is 55.0 Å². The predicted molar refractivity (Wildman–Crippen MR) is 282 cm³/mol. The molecule has 2 aromatic heterocycles. The zero-order valence-electron chi connectivity index (χ0n) is 37.5. The molecule has 13 rings (SSSR count). The van der Waals surface area contributed by atoms with Crippen LogP contribution in [0, 0.1) is 15.3 Å². The molecule has 0 N–H and O–H groups in total. The number of para-hydroxylation sites is 4. The summed E-state index contributed by atoms with van der Waals surface area (Å²) in [6.07, 6.45) is 0. The van der Waals surface area contributed by atoms with Crippen molar-refractivity contribution < 1.29 is 4.92 Å². The lowest BCUT2D eigenvalue weighted by molar-refractivity contribution is -0.384. The number of non-ortho nitro benzene ring substituents is 1. The number of anilines is 1. The van der Waals surface area contributed by atoms with Gasteiger partial charge in [0.05, 0.1) is 32.4 Å². The molecular weight excluding hydrogens is 849 g/mol. The smallest absolute Gasteiger partial charge is 0.269 e. The quantitative estimate of drug-likeness (QED) is 0.112. The number of hydrogen-bond donors (Lipinski definition) is 0. The minimum absolute atomic E-state index is 0.0157. The van der Waals surface area contributed by atoms with Crippen molar-refractivity contribution in [2.75, 3.05) is 12.1 Å². The van der Waals surface area contributed by atoms with Gasteiger partial charge in [-0.3, -0.25) is 10.1 Å². The van der Waals surface area contributed by atoms with Gasteiger partial charge < -0.3 is 19.4 Å². The Bertz CT molecular complexity index is 3720. The van der Waals surface area contributed by atoms with Crippen LogP contribution >= 0.6 is 0 Å². The van der Waals surface area contributed by atoms with Gasteiger partial charge in [-0.2, -0.15) is 0 Å². The van der Waals surface area contributed by atoms with Crippen molar-refractivity contribution in [3.8, 4) is 44.8 Å². The summed E-state index contributed by atoms with van der Waals surface area (Å²) in [6.45, 7) is 0. The van der Waals surface area contributed by atoms with E-state index in [1.807, 2.05) is 36.4 Å². The van der Waals surface area contributed by atoms with Gasteiger partial charge in [-0.05, 0) is 135 Å². The molecule has 1 aliphatic carbocycles. The lowest BCUT2D eigenvalue weighted by atomic mass is 9.67. The summed E-state index contributed by atoms with van der Waals surface area (Å²) in [4.78, 5) is 11.8. The van der Waals surface area contributed by atoms with Crippen LogP contribution in [0.4, 0.5) is 11.4 Å². The van der Waals surface area contributed by atoms with E-state index in [-0.39, 0.29) is 10.6 Å². The van der Waals surface area contributed by atoms with E-state index in [1.165, 1.54) is 28.6 Å².